The second-order valence-electron chi connectivity index (χ2n) is 7.01. The molecule has 7 nitrogen and oxygen atoms in total. The SMILES string of the molecule is CN(Cc1ccc(C(=O)N2CC3CC2CO3)cc1)C(=O)N(C)c1nccs1. The zero-order chi connectivity index (χ0) is 19.0. The van der Waals surface area contributed by atoms with Crippen LogP contribution < -0.4 is 4.90 Å². The molecule has 2 aliphatic heterocycles. The number of thiazole rings is 1. The molecule has 2 fully saturated rings. The number of rotatable bonds is 4. The van der Waals surface area contributed by atoms with Gasteiger partial charge >= 0.3 is 6.03 Å². The first-order chi connectivity index (χ1) is 13.0. The van der Waals surface area contributed by atoms with E-state index in [0.717, 1.165) is 12.0 Å². The average Bonchev–Trinajstić information content (AvgIpc) is 3.44. The standard InChI is InChI=1S/C19H22N4O3S/c1-21(19(25)22(2)18-20-7-8-27-18)10-13-3-5-14(6-4-13)17(24)23-11-16-9-15(23)12-26-16/h3-8,15-16H,9-12H2,1-2H3. The van der Waals surface area contributed by atoms with Gasteiger partial charge in [0, 0.05) is 44.3 Å². The third-order valence-electron chi connectivity index (χ3n) is 5.10. The van der Waals surface area contributed by atoms with Crippen LogP contribution in [0.15, 0.2) is 35.8 Å². The summed E-state index contributed by atoms with van der Waals surface area (Å²) in [5, 5.41) is 2.50. The minimum absolute atomic E-state index is 0.0604. The first-order valence-corrected chi connectivity index (χ1v) is 9.80. The van der Waals surface area contributed by atoms with E-state index < -0.39 is 0 Å². The Kier molecular flexibility index (Phi) is 4.84. The lowest BCUT2D eigenvalue weighted by molar-refractivity contribution is 0.0259. The van der Waals surface area contributed by atoms with Crippen molar-refractivity contribution in [2.24, 2.45) is 0 Å². The Morgan fingerprint density at radius 2 is 2.07 bits per heavy atom. The van der Waals surface area contributed by atoms with E-state index in [4.69, 9.17) is 4.74 Å². The zero-order valence-electron chi connectivity index (χ0n) is 15.4. The highest BCUT2D eigenvalue weighted by atomic mass is 32.1. The normalized spacial score (nSPS) is 20.7. The van der Waals surface area contributed by atoms with Crippen LogP contribution in [0.5, 0.6) is 0 Å². The Bertz CT molecular complexity index is 824. The van der Waals surface area contributed by atoms with Gasteiger partial charge in [-0.15, -0.1) is 11.3 Å². The summed E-state index contributed by atoms with van der Waals surface area (Å²) in [5.74, 6) is 0.0604. The number of likely N-dealkylation sites (tertiary alicyclic amines) is 1. The van der Waals surface area contributed by atoms with E-state index >= 15 is 0 Å². The maximum Gasteiger partial charge on any atom is 0.326 e. The number of carbonyl (C=O) groups excluding carboxylic acids is 2. The Morgan fingerprint density at radius 1 is 1.30 bits per heavy atom. The van der Waals surface area contributed by atoms with Gasteiger partial charge in [0.1, 0.15) is 0 Å². The highest BCUT2D eigenvalue weighted by Crippen LogP contribution is 2.29. The van der Waals surface area contributed by atoms with Gasteiger partial charge in [-0.1, -0.05) is 12.1 Å². The largest absolute Gasteiger partial charge is 0.374 e. The van der Waals surface area contributed by atoms with Gasteiger partial charge < -0.3 is 14.5 Å². The van der Waals surface area contributed by atoms with Gasteiger partial charge in [-0.2, -0.15) is 0 Å². The quantitative estimate of drug-likeness (QED) is 0.810. The molecule has 3 heterocycles. The smallest absolute Gasteiger partial charge is 0.326 e. The number of hydrogen-bond donors (Lipinski definition) is 0. The van der Waals surface area contributed by atoms with Gasteiger partial charge in [0.15, 0.2) is 5.13 Å². The molecular formula is C19H22N4O3S. The first-order valence-electron chi connectivity index (χ1n) is 8.93. The highest BCUT2D eigenvalue weighted by molar-refractivity contribution is 7.13. The molecule has 2 bridgehead atoms. The molecule has 142 valence electrons. The molecule has 0 radical (unpaired) electrons. The van der Waals surface area contributed by atoms with E-state index in [2.05, 4.69) is 4.98 Å². The highest BCUT2D eigenvalue weighted by Gasteiger charge is 2.41. The van der Waals surface area contributed by atoms with Gasteiger partial charge in [0.2, 0.25) is 0 Å². The van der Waals surface area contributed by atoms with Crippen molar-refractivity contribution in [2.75, 3.05) is 32.1 Å². The lowest BCUT2D eigenvalue weighted by Gasteiger charge is -2.27. The molecule has 3 amide bonds. The summed E-state index contributed by atoms with van der Waals surface area (Å²) in [7, 11) is 3.47. The Morgan fingerprint density at radius 3 is 2.67 bits per heavy atom. The monoisotopic (exact) mass is 386 g/mol. The molecule has 0 saturated carbocycles. The van der Waals surface area contributed by atoms with Crippen LogP contribution in [0.4, 0.5) is 9.93 Å². The van der Waals surface area contributed by atoms with Crippen molar-refractivity contribution in [1.29, 1.82) is 0 Å². The van der Waals surface area contributed by atoms with Gasteiger partial charge in [0.05, 0.1) is 18.8 Å². The Balaban J connectivity index is 1.37. The van der Waals surface area contributed by atoms with Crippen LogP contribution in [0, 0.1) is 0 Å². The lowest BCUT2D eigenvalue weighted by Crippen LogP contribution is -2.41. The van der Waals surface area contributed by atoms with Crippen molar-refractivity contribution in [3.63, 3.8) is 0 Å². The molecule has 2 saturated heterocycles. The molecule has 1 aromatic carbocycles. The molecule has 4 rings (SSSR count). The van der Waals surface area contributed by atoms with Crippen molar-refractivity contribution >= 4 is 28.4 Å². The molecule has 27 heavy (non-hydrogen) atoms. The molecule has 1 aromatic heterocycles. The van der Waals surface area contributed by atoms with Crippen molar-refractivity contribution in [1.82, 2.24) is 14.8 Å². The summed E-state index contributed by atoms with van der Waals surface area (Å²) in [6.45, 7) is 1.80. The van der Waals surface area contributed by atoms with Gasteiger partial charge in [-0.25, -0.2) is 9.78 Å². The molecule has 2 aromatic rings. The summed E-state index contributed by atoms with van der Waals surface area (Å²) < 4.78 is 5.56. The fraction of sp³-hybridized carbons (Fsp3) is 0.421. The Hall–Kier alpha value is -2.45. The number of hydrogen-bond acceptors (Lipinski definition) is 5. The van der Waals surface area contributed by atoms with Crippen molar-refractivity contribution in [2.45, 2.75) is 25.1 Å². The summed E-state index contributed by atoms with van der Waals surface area (Å²) in [6.07, 6.45) is 2.83. The maximum atomic E-state index is 12.7. The van der Waals surface area contributed by atoms with Gasteiger partial charge in [-0.05, 0) is 24.1 Å². The number of nitrogens with zero attached hydrogens (tertiary/aromatic N) is 4. The first kappa shape index (κ1) is 17.9. The van der Waals surface area contributed by atoms with Crippen LogP contribution in [0.3, 0.4) is 0 Å². The summed E-state index contributed by atoms with van der Waals surface area (Å²) in [5.41, 5.74) is 1.65. The number of fused-ring (bicyclic) bond motifs is 2. The van der Waals surface area contributed by atoms with Crippen LogP contribution in [0.25, 0.3) is 0 Å². The lowest BCUT2D eigenvalue weighted by atomic mass is 10.1. The van der Waals surface area contributed by atoms with E-state index in [1.165, 1.54) is 16.2 Å². The topological polar surface area (TPSA) is 66.0 Å². The van der Waals surface area contributed by atoms with E-state index in [9.17, 15) is 9.59 Å². The van der Waals surface area contributed by atoms with E-state index in [0.29, 0.717) is 30.4 Å². The van der Waals surface area contributed by atoms with Crippen LogP contribution >= 0.6 is 11.3 Å². The van der Waals surface area contributed by atoms with Crippen LogP contribution in [0.2, 0.25) is 0 Å². The number of ether oxygens (including phenoxy) is 1. The predicted molar refractivity (Wildman–Crippen MR) is 103 cm³/mol. The van der Waals surface area contributed by atoms with Gasteiger partial charge in [-0.3, -0.25) is 9.69 Å². The molecule has 2 aliphatic rings. The minimum Gasteiger partial charge on any atom is -0.374 e. The summed E-state index contributed by atoms with van der Waals surface area (Å²) in [6, 6.07) is 7.59. The van der Waals surface area contributed by atoms with Gasteiger partial charge in [0.25, 0.3) is 5.91 Å². The molecule has 2 atom stereocenters. The molecule has 0 aliphatic carbocycles. The molecule has 0 spiro atoms. The fourth-order valence-corrected chi connectivity index (χ4v) is 4.23. The van der Waals surface area contributed by atoms with Crippen LogP contribution in [-0.2, 0) is 11.3 Å². The van der Waals surface area contributed by atoms with E-state index in [-0.39, 0.29) is 24.1 Å². The minimum atomic E-state index is -0.127. The number of carbonyl (C=O) groups is 2. The summed E-state index contributed by atoms with van der Waals surface area (Å²) >= 11 is 1.42. The molecule has 2 unspecified atom stereocenters. The third-order valence-corrected chi connectivity index (χ3v) is 5.95. The summed E-state index contributed by atoms with van der Waals surface area (Å²) in [4.78, 5) is 34.5. The Labute approximate surface area is 162 Å². The van der Waals surface area contributed by atoms with Crippen LogP contribution in [-0.4, -0.2) is 66.1 Å². The number of amides is 3. The number of benzene rings is 1. The third kappa shape index (κ3) is 3.54. The van der Waals surface area contributed by atoms with Crippen molar-refractivity contribution in [3.8, 4) is 0 Å². The van der Waals surface area contributed by atoms with Crippen molar-refractivity contribution in [3.05, 3.63) is 47.0 Å². The number of morpholine rings is 1. The molecule has 8 heteroatoms. The number of anilines is 1. The second kappa shape index (κ2) is 7.28. The molecule has 0 N–H and O–H groups in total. The van der Waals surface area contributed by atoms with Crippen molar-refractivity contribution < 1.29 is 14.3 Å². The second-order valence-corrected chi connectivity index (χ2v) is 7.88. The zero-order valence-corrected chi connectivity index (χ0v) is 16.2. The maximum absolute atomic E-state index is 12.7. The van der Waals surface area contributed by atoms with E-state index in [1.54, 1.807) is 25.2 Å². The predicted octanol–water partition coefficient (Wildman–Crippen LogP) is 2.44. The van der Waals surface area contributed by atoms with Crippen LogP contribution in [0.1, 0.15) is 22.3 Å². The number of urea groups is 1. The molecular weight excluding hydrogens is 364 g/mol. The van der Waals surface area contributed by atoms with E-state index in [1.807, 2.05) is 34.5 Å². The fourth-order valence-electron chi connectivity index (χ4n) is 3.63. The number of aromatic nitrogens is 1. The average molecular weight is 386 g/mol.